The van der Waals surface area contributed by atoms with Crippen LogP contribution >= 0.6 is 0 Å². The first-order valence-electron chi connectivity index (χ1n) is 6.07. The van der Waals surface area contributed by atoms with E-state index in [1.54, 1.807) is 0 Å². The van der Waals surface area contributed by atoms with Gasteiger partial charge in [-0.15, -0.1) is 0 Å². The van der Waals surface area contributed by atoms with Gasteiger partial charge in [0.1, 0.15) is 0 Å². The number of unbranched alkanes of at least 4 members (excludes halogenated alkanes) is 8. The molecular weight excluding hydrogens is 172 g/mol. The summed E-state index contributed by atoms with van der Waals surface area (Å²) in [6.07, 6.45) is 12.0. The zero-order valence-corrected chi connectivity index (χ0v) is 9.51. The summed E-state index contributed by atoms with van der Waals surface area (Å²) in [5.41, 5.74) is 0. The molecule has 1 unspecified atom stereocenters. The van der Waals surface area contributed by atoms with E-state index in [-0.39, 0.29) is 6.10 Å². The van der Waals surface area contributed by atoms with Gasteiger partial charge in [-0.1, -0.05) is 64.7 Å². The molecule has 0 fully saturated rings. The molecule has 1 nitrogen and oxygen atoms in total. The predicted molar refractivity (Wildman–Crippen MR) is 62.9 cm³/mol. The average molecular weight is 198 g/mol. The maximum atomic E-state index is 8.94. The van der Waals surface area contributed by atoms with Crippen molar-refractivity contribution in [1.29, 1.82) is 0 Å². The number of aliphatic hydroxyl groups is 1. The fourth-order valence-corrected chi connectivity index (χ4v) is 1.62. The van der Waals surface area contributed by atoms with E-state index < -0.39 is 0 Å². The van der Waals surface area contributed by atoms with Crippen molar-refractivity contribution in [2.24, 2.45) is 0 Å². The molecular formula is C13H26O. The van der Waals surface area contributed by atoms with E-state index in [0.717, 1.165) is 19.3 Å². The molecule has 0 aliphatic heterocycles. The van der Waals surface area contributed by atoms with Crippen LogP contribution in [-0.2, 0) is 0 Å². The number of rotatable bonds is 10. The first kappa shape index (κ1) is 14.0. The lowest BCUT2D eigenvalue weighted by Crippen LogP contribution is -1.98. The van der Waals surface area contributed by atoms with E-state index in [0.29, 0.717) is 0 Å². The second-order valence-electron chi connectivity index (χ2n) is 4.12. The van der Waals surface area contributed by atoms with Crippen molar-refractivity contribution in [1.82, 2.24) is 0 Å². The van der Waals surface area contributed by atoms with Crippen LogP contribution in [-0.4, -0.2) is 11.2 Å². The molecule has 0 rings (SSSR count). The summed E-state index contributed by atoms with van der Waals surface area (Å²) in [5.74, 6) is 0. The van der Waals surface area contributed by atoms with Crippen molar-refractivity contribution >= 4 is 0 Å². The van der Waals surface area contributed by atoms with Gasteiger partial charge in [0.15, 0.2) is 0 Å². The molecule has 0 aromatic carbocycles. The Morgan fingerprint density at radius 1 is 0.786 bits per heavy atom. The van der Waals surface area contributed by atoms with Crippen molar-refractivity contribution in [3.63, 3.8) is 0 Å². The summed E-state index contributed by atoms with van der Waals surface area (Å²) >= 11 is 0. The standard InChI is InChI=1S/C13H26O/c1-3-4-5-6-7-8-9-10-11-12-13(2)14/h13-14H,1-12H2. The monoisotopic (exact) mass is 198 g/mol. The Kier molecular flexibility index (Phi) is 11.0. The molecule has 0 aromatic rings. The first-order chi connectivity index (χ1) is 6.77. The summed E-state index contributed by atoms with van der Waals surface area (Å²) < 4.78 is 0. The van der Waals surface area contributed by atoms with Crippen LogP contribution in [0.2, 0.25) is 0 Å². The highest BCUT2D eigenvalue weighted by molar-refractivity contribution is 4.56. The lowest BCUT2D eigenvalue weighted by molar-refractivity contribution is 0.205. The molecule has 2 radical (unpaired) electrons. The highest BCUT2D eigenvalue weighted by atomic mass is 16.3. The highest BCUT2D eigenvalue weighted by Gasteiger charge is 1.95. The lowest BCUT2D eigenvalue weighted by atomic mass is 10.1. The van der Waals surface area contributed by atoms with Crippen molar-refractivity contribution in [3.8, 4) is 0 Å². The zero-order valence-electron chi connectivity index (χ0n) is 9.51. The maximum absolute atomic E-state index is 8.94. The van der Waals surface area contributed by atoms with Crippen LogP contribution in [0.3, 0.4) is 0 Å². The second kappa shape index (κ2) is 11.0. The molecule has 0 heterocycles. The summed E-state index contributed by atoms with van der Waals surface area (Å²) in [4.78, 5) is 0. The van der Waals surface area contributed by atoms with Crippen molar-refractivity contribution in [2.75, 3.05) is 0 Å². The van der Waals surface area contributed by atoms with E-state index in [1.807, 2.05) is 0 Å². The van der Waals surface area contributed by atoms with Gasteiger partial charge in [-0.25, -0.2) is 0 Å². The van der Waals surface area contributed by atoms with Gasteiger partial charge in [-0.05, 0) is 13.3 Å². The van der Waals surface area contributed by atoms with Crippen LogP contribution in [0.5, 0.6) is 0 Å². The number of aliphatic hydroxyl groups excluding tert-OH is 1. The van der Waals surface area contributed by atoms with Crippen molar-refractivity contribution in [2.45, 2.75) is 70.3 Å². The van der Waals surface area contributed by atoms with Crippen molar-refractivity contribution < 1.29 is 5.11 Å². The lowest BCUT2D eigenvalue weighted by Gasteiger charge is -2.03. The topological polar surface area (TPSA) is 20.2 Å². The Morgan fingerprint density at radius 2 is 1.21 bits per heavy atom. The summed E-state index contributed by atoms with van der Waals surface area (Å²) in [6.45, 7) is 7.39. The summed E-state index contributed by atoms with van der Waals surface area (Å²) in [5, 5.41) is 8.94. The van der Waals surface area contributed by atoms with Crippen LogP contribution in [0.4, 0.5) is 0 Å². The Balaban J connectivity index is 2.85. The van der Waals surface area contributed by atoms with Crippen LogP contribution in [0.25, 0.3) is 0 Å². The molecule has 0 aromatic heterocycles. The average Bonchev–Trinajstić information content (AvgIpc) is 2.15. The molecule has 1 heteroatoms. The van der Waals surface area contributed by atoms with Crippen LogP contribution in [0.15, 0.2) is 0 Å². The second-order valence-corrected chi connectivity index (χ2v) is 4.12. The van der Waals surface area contributed by atoms with E-state index in [1.165, 1.54) is 44.9 Å². The minimum atomic E-state index is -0.355. The minimum Gasteiger partial charge on any atom is -0.393 e. The maximum Gasteiger partial charge on any atom is 0.0541 e. The number of hydrogen-bond donors (Lipinski definition) is 1. The Labute approximate surface area is 89.9 Å². The van der Waals surface area contributed by atoms with E-state index in [9.17, 15) is 0 Å². The fourth-order valence-electron chi connectivity index (χ4n) is 1.62. The molecule has 0 aliphatic carbocycles. The van der Waals surface area contributed by atoms with Crippen molar-refractivity contribution in [3.05, 3.63) is 13.8 Å². The Bertz CT molecular complexity index is 99.4. The van der Waals surface area contributed by atoms with Crippen LogP contribution in [0, 0.1) is 13.8 Å². The van der Waals surface area contributed by atoms with Gasteiger partial charge in [-0.2, -0.15) is 0 Å². The van der Waals surface area contributed by atoms with Gasteiger partial charge in [0.25, 0.3) is 0 Å². The van der Waals surface area contributed by atoms with E-state index >= 15 is 0 Å². The Hall–Kier alpha value is -0.0400. The summed E-state index contributed by atoms with van der Waals surface area (Å²) in [7, 11) is 0. The molecule has 1 N–H and O–H groups in total. The molecule has 0 aliphatic rings. The van der Waals surface area contributed by atoms with Gasteiger partial charge in [0.2, 0.25) is 0 Å². The third-order valence-electron chi connectivity index (χ3n) is 2.54. The van der Waals surface area contributed by atoms with Crippen LogP contribution < -0.4 is 0 Å². The molecule has 84 valence electrons. The molecule has 14 heavy (non-hydrogen) atoms. The Morgan fingerprint density at radius 3 is 1.64 bits per heavy atom. The molecule has 1 atom stereocenters. The van der Waals surface area contributed by atoms with Crippen LogP contribution in [0.1, 0.15) is 64.2 Å². The minimum absolute atomic E-state index is 0.355. The quantitative estimate of drug-likeness (QED) is 0.528. The third-order valence-corrected chi connectivity index (χ3v) is 2.54. The fraction of sp³-hybridized carbons (Fsp3) is 0.846. The normalized spacial score (nSPS) is 13.1. The van der Waals surface area contributed by atoms with Gasteiger partial charge < -0.3 is 5.11 Å². The predicted octanol–water partition coefficient (Wildman–Crippen LogP) is 3.92. The third kappa shape index (κ3) is 12.0. The van der Waals surface area contributed by atoms with E-state index in [4.69, 9.17) is 5.11 Å². The molecule has 0 saturated carbocycles. The molecule has 0 spiro atoms. The molecule has 0 saturated heterocycles. The highest BCUT2D eigenvalue weighted by Crippen LogP contribution is 2.10. The van der Waals surface area contributed by atoms with Gasteiger partial charge in [-0.3, -0.25) is 0 Å². The first-order valence-corrected chi connectivity index (χ1v) is 6.07. The largest absolute Gasteiger partial charge is 0.393 e. The summed E-state index contributed by atoms with van der Waals surface area (Å²) in [6, 6.07) is 0. The van der Waals surface area contributed by atoms with Gasteiger partial charge >= 0.3 is 0 Å². The number of hydrogen-bond acceptors (Lipinski definition) is 1. The zero-order chi connectivity index (χ0) is 10.6. The van der Waals surface area contributed by atoms with Gasteiger partial charge in [0.05, 0.1) is 6.10 Å². The van der Waals surface area contributed by atoms with E-state index in [2.05, 4.69) is 13.8 Å². The molecule has 0 bridgehead atoms. The SMILES string of the molecule is [CH2]CCCCCCCCCCC([CH2])O. The smallest absolute Gasteiger partial charge is 0.0541 e. The van der Waals surface area contributed by atoms with Gasteiger partial charge in [0, 0.05) is 0 Å². The molecule has 0 amide bonds.